The number of amides is 2. The second kappa shape index (κ2) is 10.2. The minimum atomic E-state index is -0.450. The summed E-state index contributed by atoms with van der Waals surface area (Å²) in [5, 5.41) is 12.3. The van der Waals surface area contributed by atoms with E-state index in [2.05, 4.69) is 25.7 Å². The van der Waals surface area contributed by atoms with Crippen molar-refractivity contribution in [3.8, 4) is 33.0 Å². The van der Waals surface area contributed by atoms with Gasteiger partial charge in [0.05, 0.1) is 24.1 Å². The van der Waals surface area contributed by atoms with Gasteiger partial charge in [0.15, 0.2) is 0 Å². The Morgan fingerprint density at radius 2 is 1.94 bits per heavy atom. The molecular weight excluding hydrogens is 454 g/mol. The number of pyridine rings is 2. The van der Waals surface area contributed by atoms with Crippen LogP contribution in [0.25, 0.3) is 33.0 Å². The quantitative estimate of drug-likeness (QED) is 0.386. The van der Waals surface area contributed by atoms with Crippen LogP contribution < -0.4 is 10.6 Å². The number of ether oxygens (including phenoxy) is 1. The zero-order valence-electron chi connectivity index (χ0n) is 18.9. The summed E-state index contributed by atoms with van der Waals surface area (Å²) in [6.07, 6.45) is 8.38. The maximum absolute atomic E-state index is 12.2. The first kappa shape index (κ1) is 23.1. The van der Waals surface area contributed by atoms with Crippen molar-refractivity contribution < 1.29 is 14.3 Å². The first-order valence-electron chi connectivity index (χ1n) is 10.6. The smallest absolute Gasteiger partial charge is 0.339 e. The van der Waals surface area contributed by atoms with Crippen LogP contribution in [0, 0.1) is 0 Å². The third-order valence-electron chi connectivity index (χ3n) is 4.78. The van der Waals surface area contributed by atoms with Crippen LogP contribution in [-0.4, -0.2) is 49.9 Å². The topological polar surface area (TPSA) is 124 Å². The van der Waals surface area contributed by atoms with E-state index in [0.717, 1.165) is 21.8 Å². The standard InChI is InChI=1S/C23H23N7O3S/c1-4-25-23(32)29-20-7-17(21-28-19(13-34-21)16-10-27-30(3)12-16)18(11-26-20)14-6-15(9-24-8-14)22(31)33-5-2/h6-13H,4-5H2,1-3H3,(H2,25,26,29,32). The van der Waals surface area contributed by atoms with Gasteiger partial charge in [-0.1, -0.05) is 0 Å². The SMILES string of the molecule is CCNC(=O)Nc1cc(-c2nc(-c3cnn(C)c3)cs2)c(-c2cncc(C(=O)OCC)c2)cn1. The largest absolute Gasteiger partial charge is 0.462 e. The third-order valence-corrected chi connectivity index (χ3v) is 5.65. The van der Waals surface area contributed by atoms with Crippen molar-refractivity contribution in [2.75, 3.05) is 18.5 Å². The molecule has 4 aromatic rings. The zero-order valence-corrected chi connectivity index (χ0v) is 19.7. The lowest BCUT2D eigenvalue weighted by molar-refractivity contribution is 0.0526. The minimum absolute atomic E-state index is 0.270. The van der Waals surface area contributed by atoms with Crippen molar-refractivity contribution in [2.45, 2.75) is 13.8 Å². The van der Waals surface area contributed by atoms with E-state index in [1.54, 1.807) is 42.3 Å². The summed E-state index contributed by atoms with van der Waals surface area (Å²) < 4.78 is 6.82. The molecule has 2 N–H and O–H groups in total. The molecular formula is C23H23N7O3S. The van der Waals surface area contributed by atoms with Crippen molar-refractivity contribution in [3.05, 3.63) is 54.1 Å². The number of rotatable bonds is 7. The van der Waals surface area contributed by atoms with Gasteiger partial charge in [0.1, 0.15) is 10.8 Å². The van der Waals surface area contributed by atoms with Gasteiger partial charge in [-0.3, -0.25) is 15.0 Å². The second-order valence-corrected chi connectivity index (χ2v) is 8.08. The van der Waals surface area contributed by atoms with Crippen molar-refractivity contribution in [2.24, 2.45) is 7.05 Å². The molecule has 10 nitrogen and oxygen atoms in total. The number of hydrogen-bond donors (Lipinski definition) is 2. The Bertz CT molecular complexity index is 1330. The van der Waals surface area contributed by atoms with Gasteiger partial charge in [-0.25, -0.2) is 19.6 Å². The number of carbonyl (C=O) groups excluding carboxylic acids is 2. The molecule has 0 bridgehead atoms. The summed E-state index contributed by atoms with van der Waals surface area (Å²) in [6, 6.07) is 3.11. The Morgan fingerprint density at radius 3 is 2.68 bits per heavy atom. The monoisotopic (exact) mass is 477 g/mol. The van der Waals surface area contributed by atoms with Crippen LogP contribution in [0.2, 0.25) is 0 Å². The van der Waals surface area contributed by atoms with Crippen LogP contribution in [0.15, 0.2) is 48.5 Å². The maximum Gasteiger partial charge on any atom is 0.339 e. The number of urea groups is 1. The summed E-state index contributed by atoms with van der Waals surface area (Å²) >= 11 is 1.46. The Morgan fingerprint density at radius 1 is 1.09 bits per heavy atom. The van der Waals surface area contributed by atoms with E-state index in [-0.39, 0.29) is 12.6 Å². The molecule has 4 aromatic heterocycles. The zero-order chi connectivity index (χ0) is 24.1. The molecule has 0 aromatic carbocycles. The summed E-state index contributed by atoms with van der Waals surface area (Å²) in [5.41, 5.74) is 4.15. The molecule has 0 atom stereocenters. The number of carbonyl (C=O) groups is 2. The highest BCUT2D eigenvalue weighted by atomic mass is 32.1. The number of nitrogens with one attached hydrogen (secondary N) is 2. The van der Waals surface area contributed by atoms with Crippen LogP contribution in [0.4, 0.5) is 10.6 Å². The lowest BCUT2D eigenvalue weighted by Crippen LogP contribution is -2.28. The van der Waals surface area contributed by atoms with Gasteiger partial charge in [-0.05, 0) is 26.0 Å². The predicted molar refractivity (Wildman–Crippen MR) is 129 cm³/mol. The number of nitrogens with zero attached hydrogens (tertiary/aromatic N) is 5. The minimum Gasteiger partial charge on any atom is -0.462 e. The number of anilines is 1. The van der Waals surface area contributed by atoms with Gasteiger partial charge in [0.2, 0.25) is 0 Å². The molecule has 4 rings (SSSR count). The normalized spacial score (nSPS) is 10.7. The lowest BCUT2D eigenvalue weighted by atomic mass is 10.0. The summed E-state index contributed by atoms with van der Waals surface area (Å²) in [6.45, 7) is 4.34. The lowest BCUT2D eigenvalue weighted by Gasteiger charge is -2.11. The van der Waals surface area contributed by atoms with Crippen LogP contribution in [-0.2, 0) is 11.8 Å². The van der Waals surface area contributed by atoms with Crippen molar-refractivity contribution in [1.82, 2.24) is 30.0 Å². The first-order chi connectivity index (χ1) is 16.5. The maximum atomic E-state index is 12.2. The number of thiazole rings is 1. The molecule has 0 aliphatic rings. The molecule has 174 valence electrons. The predicted octanol–water partition coefficient (Wildman–Crippen LogP) is 3.99. The van der Waals surface area contributed by atoms with E-state index in [1.165, 1.54) is 17.5 Å². The van der Waals surface area contributed by atoms with Crippen LogP contribution in [0.3, 0.4) is 0 Å². The third kappa shape index (κ3) is 5.09. The van der Waals surface area contributed by atoms with Crippen LogP contribution in [0.5, 0.6) is 0 Å². The van der Waals surface area contributed by atoms with E-state index in [4.69, 9.17) is 9.72 Å². The molecule has 0 radical (unpaired) electrons. The number of hydrogen-bond acceptors (Lipinski definition) is 8. The van der Waals surface area contributed by atoms with Crippen molar-refractivity contribution >= 4 is 29.2 Å². The summed E-state index contributed by atoms with van der Waals surface area (Å²) in [4.78, 5) is 37.7. The molecule has 4 heterocycles. The van der Waals surface area contributed by atoms with Crippen LogP contribution in [0.1, 0.15) is 24.2 Å². The average Bonchev–Trinajstić information content (AvgIpc) is 3.49. The number of aryl methyl sites for hydroxylation is 1. The number of aromatic nitrogens is 5. The molecule has 34 heavy (non-hydrogen) atoms. The molecule has 2 amide bonds. The van der Waals surface area contributed by atoms with E-state index in [1.807, 2.05) is 25.5 Å². The molecule has 0 unspecified atom stereocenters. The molecule has 0 fully saturated rings. The Kier molecular flexibility index (Phi) is 6.93. The molecule has 0 aliphatic heterocycles. The van der Waals surface area contributed by atoms with Crippen LogP contribution >= 0.6 is 11.3 Å². The number of esters is 1. The van der Waals surface area contributed by atoms with Gasteiger partial charge < -0.3 is 10.1 Å². The van der Waals surface area contributed by atoms with Gasteiger partial charge in [-0.15, -0.1) is 11.3 Å². The average molecular weight is 478 g/mol. The highest BCUT2D eigenvalue weighted by molar-refractivity contribution is 7.13. The van der Waals surface area contributed by atoms with E-state index in [9.17, 15) is 9.59 Å². The fourth-order valence-corrected chi connectivity index (χ4v) is 4.11. The van der Waals surface area contributed by atoms with Gasteiger partial charge >= 0.3 is 12.0 Å². The molecule has 11 heteroatoms. The summed E-state index contributed by atoms with van der Waals surface area (Å²) in [7, 11) is 1.85. The van der Waals surface area contributed by atoms with Gasteiger partial charge in [-0.2, -0.15) is 5.10 Å². The van der Waals surface area contributed by atoms with E-state index in [0.29, 0.717) is 29.1 Å². The highest BCUT2D eigenvalue weighted by Gasteiger charge is 2.17. The molecule has 0 spiro atoms. The van der Waals surface area contributed by atoms with Crippen molar-refractivity contribution in [1.29, 1.82) is 0 Å². The molecule has 0 saturated heterocycles. The Hall–Kier alpha value is -4.12. The Labute approximate surface area is 200 Å². The second-order valence-electron chi connectivity index (χ2n) is 7.22. The van der Waals surface area contributed by atoms with Gasteiger partial charge in [0.25, 0.3) is 0 Å². The van der Waals surface area contributed by atoms with Crippen molar-refractivity contribution in [3.63, 3.8) is 0 Å². The fraction of sp³-hybridized carbons (Fsp3) is 0.217. The highest BCUT2D eigenvalue weighted by Crippen LogP contribution is 2.36. The molecule has 0 saturated carbocycles. The van der Waals surface area contributed by atoms with Gasteiger partial charge in [0, 0.05) is 66.0 Å². The first-order valence-corrected chi connectivity index (χ1v) is 11.5. The van der Waals surface area contributed by atoms with E-state index < -0.39 is 5.97 Å². The fourth-order valence-electron chi connectivity index (χ4n) is 3.25. The van der Waals surface area contributed by atoms with E-state index >= 15 is 0 Å². The summed E-state index contributed by atoms with van der Waals surface area (Å²) in [5.74, 6) is -0.0775. The molecule has 0 aliphatic carbocycles. The Balaban J connectivity index is 1.78.